The van der Waals surface area contributed by atoms with Gasteiger partial charge in [-0.3, -0.25) is 4.79 Å². The van der Waals surface area contributed by atoms with Crippen molar-refractivity contribution in [3.8, 4) is 5.75 Å². The number of hydrogen-bond acceptors (Lipinski definition) is 3. The lowest BCUT2D eigenvalue weighted by atomic mass is 10.1. The van der Waals surface area contributed by atoms with Crippen molar-refractivity contribution in [2.24, 2.45) is 0 Å². The molecule has 2 aromatic rings. The second-order valence-corrected chi connectivity index (χ2v) is 6.04. The van der Waals surface area contributed by atoms with E-state index >= 15 is 0 Å². The fraction of sp³-hybridized carbons (Fsp3) is 0.300. The summed E-state index contributed by atoms with van der Waals surface area (Å²) in [6.07, 6.45) is 0. The van der Waals surface area contributed by atoms with Crippen LogP contribution < -0.4 is 10.1 Å². The molecule has 2 aromatic carbocycles. The number of aryl methyl sites for hydroxylation is 2. The molecule has 1 atom stereocenters. The number of nitrogens with zero attached hydrogens (tertiary/aromatic N) is 1. The topological polar surface area (TPSA) is 62.9 Å². The number of halogens is 1. The summed E-state index contributed by atoms with van der Waals surface area (Å²) in [4.78, 5) is 15.6. The molecule has 5 nitrogen and oxygen atoms in total. The summed E-state index contributed by atoms with van der Waals surface area (Å²) in [7, 11) is 0. The van der Waals surface area contributed by atoms with Gasteiger partial charge in [0.05, 0.1) is 6.57 Å². The van der Waals surface area contributed by atoms with Crippen LogP contribution in [0.5, 0.6) is 5.75 Å². The Hall–Kier alpha value is -2.91. The molecule has 6 heteroatoms. The van der Waals surface area contributed by atoms with E-state index in [0.29, 0.717) is 16.9 Å². The summed E-state index contributed by atoms with van der Waals surface area (Å²) in [6, 6.07) is 9.16. The van der Waals surface area contributed by atoms with Gasteiger partial charge < -0.3 is 15.2 Å². The van der Waals surface area contributed by atoms with Gasteiger partial charge in [-0.1, -0.05) is 19.6 Å². The van der Waals surface area contributed by atoms with Crippen LogP contribution in [-0.2, 0) is 4.79 Å². The van der Waals surface area contributed by atoms with Gasteiger partial charge in [-0.15, -0.1) is 0 Å². The van der Waals surface area contributed by atoms with Crippen LogP contribution in [-0.4, -0.2) is 23.2 Å². The molecule has 0 aliphatic heterocycles. The normalized spacial score (nSPS) is 12.3. The first kappa shape index (κ1) is 21.1. The average molecular weight is 358 g/mol. The molecule has 2 N–H and O–H groups in total. The van der Waals surface area contributed by atoms with Gasteiger partial charge in [0, 0.05) is 11.8 Å². The average Bonchev–Trinajstić information content (AvgIpc) is 2.56. The van der Waals surface area contributed by atoms with Gasteiger partial charge >= 0.3 is 0 Å². The third kappa shape index (κ3) is 5.04. The molecule has 0 spiro atoms. The third-order valence-electron chi connectivity index (χ3n) is 3.73. The minimum Gasteiger partial charge on any atom is -0.490 e. The van der Waals surface area contributed by atoms with E-state index < -0.39 is 17.3 Å². The summed E-state index contributed by atoms with van der Waals surface area (Å²) < 4.78 is 18.8. The maximum atomic E-state index is 13.5. The van der Waals surface area contributed by atoms with Crippen LogP contribution in [0.1, 0.15) is 25.5 Å². The Morgan fingerprint density at radius 3 is 2.54 bits per heavy atom. The van der Waals surface area contributed by atoms with E-state index in [1.54, 1.807) is 44.2 Å². The van der Waals surface area contributed by atoms with Crippen molar-refractivity contribution < 1.29 is 19.0 Å². The number of ether oxygens (including phenoxy) is 1. The van der Waals surface area contributed by atoms with Crippen LogP contribution in [0.25, 0.3) is 4.85 Å². The zero-order valence-electron chi connectivity index (χ0n) is 14.3. The number of rotatable bonds is 5. The van der Waals surface area contributed by atoms with Crippen LogP contribution in [0.3, 0.4) is 0 Å². The Bertz CT molecular complexity index is 841. The van der Waals surface area contributed by atoms with Gasteiger partial charge in [0.25, 0.3) is 5.91 Å². The third-order valence-corrected chi connectivity index (χ3v) is 3.73. The molecule has 0 aliphatic carbocycles. The monoisotopic (exact) mass is 358 g/mol. The maximum absolute atomic E-state index is 13.5. The first-order chi connectivity index (χ1) is 11.7. The second-order valence-electron chi connectivity index (χ2n) is 6.04. The molecular weight excluding hydrogens is 335 g/mol. The van der Waals surface area contributed by atoms with E-state index in [4.69, 9.17) is 11.3 Å². The summed E-state index contributed by atoms with van der Waals surface area (Å²) in [5.74, 6) is -0.847. The molecular formula is C20H23FN2O3. The largest absolute Gasteiger partial charge is 0.490 e. The van der Waals surface area contributed by atoms with E-state index in [-0.39, 0.29) is 19.8 Å². The predicted octanol–water partition coefficient (Wildman–Crippen LogP) is 4.40. The number of aliphatic hydroxyl groups is 1. The summed E-state index contributed by atoms with van der Waals surface area (Å²) >= 11 is 0. The number of carbonyl (C=O) groups is 1. The van der Waals surface area contributed by atoms with E-state index in [2.05, 4.69) is 10.2 Å². The summed E-state index contributed by atoms with van der Waals surface area (Å²) in [6.45, 7) is 11.4. The molecule has 0 saturated carbocycles. The van der Waals surface area contributed by atoms with Gasteiger partial charge in [-0.2, -0.15) is 0 Å². The second kappa shape index (κ2) is 8.45. The summed E-state index contributed by atoms with van der Waals surface area (Å²) in [5, 5.41) is 12.9. The molecule has 0 aromatic heterocycles. The van der Waals surface area contributed by atoms with Crippen molar-refractivity contribution in [3.05, 3.63) is 64.8 Å². The van der Waals surface area contributed by atoms with Crippen LogP contribution in [0.4, 0.5) is 15.8 Å². The fourth-order valence-corrected chi connectivity index (χ4v) is 2.08. The molecule has 0 aliphatic rings. The number of nitrogens with one attached hydrogen (secondary N) is 1. The molecule has 0 bridgehead atoms. The smallest absolute Gasteiger partial charge is 0.259 e. The molecule has 0 heterocycles. The highest BCUT2D eigenvalue weighted by molar-refractivity contribution is 5.97. The Morgan fingerprint density at radius 2 is 1.96 bits per heavy atom. The number of anilines is 1. The van der Waals surface area contributed by atoms with Crippen LogP contribution in [0, 0.1) is 26.2 Å². The minimum atomic E-state index is -1.81. The first-order valence-corrected chi connectivity index (χ1v) is 7.64. The molecule has 0 fully saturated rings. The fourth-order valence-electron chi connectivity index (χ4n) is 2.08. The minimum absolute atomic E-state index is 0. The maximum Gasteiger partial charge on any atom is 0.259 e. The molecule has 2 rings (SSSR count). The van der Waals surface area contributed by atoms with Gasteiger partial charge in [-0.05, 0) is 50.1 Å². The number of carbonyl (C=O) groups excluding carboxylic acids is 1. The zero-order valence-corrected chi connectivity index (χ0v) is 14.3. The van der Waals surface area contributed by atoms with E-state index in [1.165, 1.54) is 13.0 Å². The summed E-state index contributed by atoms with van der Waals surface area (Å²) in [5.41, 5.74) is 0.355. The Kier molecular flexibility index (Phi) is 6.87. The highest BCUT2D eigenvalue weighted by atomic mass is 19.1. The highest BCUT2D eigenvalue weighted by Crippen LogP contribution is 2.23. The SMILES string of the molecule is C.[C-]#[N+]c1ccc(NC(=O)[C@@](C)(O)COc2ccc(C)c(F)c2)cc1C. The van der Waals surface area contributed by atoms with Crippen molar-refractivity contribution in [1.82, 2.24) is 0 Å². The van der Waals surface area contributed by atoms with E-state index in [1.807, 2.05) is 0 Å². The van der Waals surface area contributed by atoms with E-state index in [9.17, 15) is 14.3 Å². The standard InChI is InChI=1S/C19H19FN2O3.CH4/c1-12-5-7-15(10-16(12)20)25-11-19(3,24)18(23)22-14-6-8-17(21-4)13(2)9-14;/h5-10,24H,11H2,1-3H3,(H,22,23);1H4/t19-;/m0./s1. The molecule has 1 amide bonds. The molecule has 138 valence electrons. The van der Waals surface area contributed by atoms with Crippen LogP contribution in [0.15, 0.2) is 36.4 Å². The van der Waals surface area contributed by atoms with Crippen molar-refractivity contribution in [1.29, 1.82) is 0 Å². The first-order valence-electron chi connectivity index (χ1n) is 7.64. The molecule has 26 heavy (non-hydrogen) atoms. The van der Waals surface area contributed by atoms with Crippen molar-refractivity contribution in [2.75, 3.05) is 11.9 Å². The molecule has 0 saturated heterocycles. The van der Waals surface area contributed by atoms with Crippen LogP contribution in [0.2, 0.25) is 0 Å². The lowest BCUT2D eigenvalue weighted by Gasteiger charge is -2.23. The van der Waals surface area contributed by atoms with Gasteiger partial charge in [0.1, 0.15) is 18.2 Å². The van der Waals surface area contributed by atoms with Gasteiger partial charge in [0.15, 0.2) is 11.3 Å². The lowest BCUT2D eigenvalue weighted by molar-refractivity contribution is -0.135. The number of hydrogen-bond donors (Lipinski definition) is 2. The molecule has 0 radical (unpaired) electrons. The van der Waals surface area contributed by atoms with Gasteiger partial charge in [-0.25, -0.2) is 9.24 Å². The lowest BCUT2D eigenvalue weighted by Crippen LogP contribution is -2.45. The predicted molar refractivity (Wildman–Crippen MR) is 100 cm³/mol. The van der Waals surface area contributed by atoms with Crippen molar-refractivity contribution in [2.45, 2.75) is 33.8 Å². The zero-order chi connectivity index (χ0) is 18.6. The van der Waals surface area contributed by atoms with Crippen molar-refractivity contribution in [3.63, 3.8) is 0 Å². The Morgan fingerprint density at radius 1 is 1.27 bits per heavy atom. The van der Waals surface area contributed by atoms with Crippen LogP contribution >= 0.6 is 0 Å². The van der Waals surface area contributed by atoms with E-state index in [0.717, 1.165) is 5.56 Å². The Labute approximate surface area is 153 Å². The quantitative estimate of drug-likeness (QED) is 0.779. The number of amides is 1. The van der Waals surface area contributed by atoms with Crippen molar-refractivity contribution >= 4 is 17.3 Å². The number of benzene rings is 2. The molecule has 0 unspecified atom stereocenters. The highest BCUT2D eigenvalue weighted by Gasteiger charge is 2.31. The Balaban J connectivity index is 0.00000338. The van der Waals surface area contributed by atoms with Gasteiger partial charge in [0.2, 0.25) is 0 Å².